The summed E-state index contributed by atoms with van der Waals surface area (Å²) >= 11 is 0. The molecule has 0 aromatic carbocycles. The second-order valence-electron chi connectivity index (χ2n) is 0. The quantitative estimate of drug-likeness (QED) is 0.564. The average molecular weight is 348 g/mol. The molecule has 4 heavy (non-hydrogen) atoms. The Kier molecular flexibility index (Phi) is 201. The van der Waals surface area contributed by atoms with Crippen molar-refractivity contribution < 1.29 is 59.5 Å². The summed E-state index contributed by atoms with van der Waals surface area (Å²) in [5.41, 5.74) is 0. The molecule has 0 aliphatic rings. The summed E-state index contributed by atoms with van der Waals surface area (Å²) in [4.78, 5) is 0. The van der Waals surface area contributed by atoms with Gasteiger partial charge in [0, 0.05) is 59.5 Å². The Morgan fingerprint density at radius 3 is 1.00 bits per heavy atom. The monoisotopic (exact) mass is 350 g/mol. The van der Waals surface area contributed by atoms with Crippen molar-refractivity contribution in [2.24, 2.45) is 0 Å². The second kappa shape index (κ2) is 20.6. The summed E-state index contributed by atoms with van der Waals surface area (Å²) in [6.45, 7) is 0. The molecule has 0 aliphatic carbocycles. The summed E-state index contributed by atoms with van der Waals surface area (Å²) < 4.78 is 0. The molecule has 0 saturated carbocycles. The van der Waals surface area contributed by atoms with E-state index in [9.17, 15) is 0 Å². The topological polar surface area (TPSA) is 0 Å². The van der Waals surface area contributed by atoms with Gasteiger partial charge in [-0.05, 0) is 0 Å². The summed E-state index contributed by atoms with van der Waals surface area (Å²) in [5, 5.41) is 0. The maximum atomic E-state index is 0. The Morgan fingerprint density at radius 1 is 1.00 bits per heavy atom. The fourth-order valence-corrected chi connectivity index (χ4v) is 0. The van der Waals surface area contributed by atoms with Gasteiger partial charge in [0.2, 0.25) is 0 Å². The van der Waals surface area contributed by atoms with Gasteiger partial charge in [0.25, 0.3) is 0 Å². The van der Waals surface area contributed by atoms with E-state index in [1.165, 1.54) is 0 Å². The third kappa shape index (κ3) is 9.08. The standard InChI is InChI=1S/CH4.Cr.Mo.W/h1H4;;;. The van der Waals surface area contributed by atoms with Crippen LogP contribution in [0.4, 0.5) is 0 Å². The van der Waals surface area contributed by atoms with Gasteiger partial charge in [-0.25, -0.2) is 0 Å². The van der Waals surface area contributed by atoms with E-state index in [-0.39, 0.29) is 66.9 Å². The van der Waals surface area contributed by atoms with Crippen LogP contribution in [0, 0.1) is 0 Å². The van der Waals surface area contributed by atoms with Crippen LogP contribution >= 0.6 is 0 Å². The SMILES string of the molecule is C.[Cr].[Mo].[W]. The molecular formula is CH4CrMoW. The number of hydrogen-bond donors (Lipinski definition) is 0. The van der Waals surface area contributed by atoms with Gasteiger partial charge in [-0.3, -0.25) is 0 Å². The summed E-state index contributed by atoms with van der Waals surface area (Å²) in [5.74, 6) is 0. The normalized spacial score (nSPS) is 0. The molecule has 0 aromatic rings. The number of hydrogen-bond acceptors (Lipinski definition) is 0. The maximum Gasteiger partial charge on any atom is 0 e. The average Bonchev–Trinajstić information content (AvgIpc) is 0. The molecule has 0 rings (SSSR count). The van der Waals surface area contributed by atoms with Crippen LogP contribution in [0.3, 0.4) is 0 Å². The maximum absolute atomic E-state index is 0. The van der Waals surface area contributed by atoms with Crippen molar-refractivity contribution in [1.82, 2.24) is 0 Å². The van der Waals surface area contributed by atoms with E-state index in [2.05, 4.69) is 0 Å². The zero-order chi connectivity index (χ0) is 0. The predicted molar refractivity (Wildman–Crippen MR) is 6.73 cm³/mol. The van der Waals surface area contributed by atoms with Gasteiger partial charge in [0.1, 0.15) is 0 Å². The van der Waals surface area contributed by atoms with E-state index in [0.717, 1.165) is 0 Å². The minimum absolute atomic E-state index is 0. The van der Waals surface area contributed by atoms with Crippen LogP contribution in [0.1, 0.15) is 7.43 Å². The first-order valence-corrected chi connectivity index (χ1v) is 0. The van der Waals surface area contributed by atoms with E-state index >= 15 is 0 Å². The molecule has 0 bridgehead atoms. The second-order valence-corrected chi connectivity index (χ2v) is 0. The molecule has 0 amide bonds. The van der Waals surface area contributed by atoms with Crippen LogP contribution in [0.2, 0.25) is 0 Å². The zero-order valence-electron chi connectivity index (χ0n) is 1.22. The molecule has 3 heteroatoms. The molecule has 0 aliphatic heterocycles. The van der Waals surface area contributed by atoms with Crippen molar-refractivity contribution in [3.63, 3.8) is 0 Å². The van der Waals surface area contributed by atoms with Gasteiger partial charge >= 0.3 is 0 Å². The first-order valence-electron chi connectivity index (χ1n) is 0. The molecule has 0 N–H and O–H groups in total. The molecule has 0 atom stereocenters. The number of rotatable bonds is 0. The summed E-state index contributed by atoms with van der Waals surface area (Å²) in [6.07, 6.45) is 0. The Morgan fingerprint density at radius 2 is 1.00 bits per heavy atom. The third-order valence-electron chi connectivity index (χ3n) is 0. The van der Waals surface area contributed by atoms with Gasteiger partial charge in [-0.15, -0.1) is 0 Å². The molecule has 0 nitrogen and oxygen atoms in total. The van der Waals surface area contributed by atoms with Gasteiger partial charge in [0.05, 0.1) is 0 Å². The van der Waals surface area contributed by atoms with Crippen molar-refractivity contribution in [1.29, 1.82) is 0 Å². The summed E-state index contributed by atoms with van der Waals surface area (Å²) in [6, 6.07) is 0. The first kappa shape index (κ1) is 39.1. The fourth-order valence-electron chi connectivity index (χ4n) is 0. The summed E-state index contributed by atoms with van der Waals surface area (Å²) in [7, 11) is 0. The van der Waals surface area contributed by atoms with Crippen LogP contribution in [-0.4, -0.2) is 0 Å². The molecule has 0 spiro atoms. The minimum atomic E-state index is 0. The Bertz CT molecular complexity index is 8.00. The zero-order valence-corrected chi connectivity index (χ0v) is 7.44. The third-order valence-corrected chi connectivity index (χ3v) is 0. The van der Waals surface area contributed by atoms with Crippen LogP contribution in [0.15, 0.2) is 0 Å². The van der Waals surface area contributed by atoms with Crippen LogP contribution in [-0.2, 0) is 59.5 Å². The van der Waals surface area contributed by atoms with Crippen molar-refractivity contribution in [2.45, 2.75) is 7.43 Å². The van der Waals surface area contributed by atoms with Crippen molar-refractivity contribution in [2.75, 3.05) is 0 Å². The Labute approximate surface area is 66.4 Å². The van der Waals surface area contributed by atoms with E-state index < -0.39 is 0 Å². The molecule has 0 radical (unpaired) electrons. The van der Waals surface area contributed by atoms with Crippen LogP contribution in [0.5, 0.6) is 0 Å². The largest absolute Gasteiger partial charge is 0.0776 e. The molecule has 26 valence electrons. The van der Waals surface area contributed by atoms with Gasteiger partial charge in [-0.1, -0.05) is 7.43 Å². The van der Waals surface area contributed by atoms with E-state index in [0.29, 0.717) is 0 Å². The molecular weight excluding hydrogens is 344 g/mol. The van der Waals surface area contributed by atoms with E-state index in [1.54, 1.807) is 0 Å². The van der Waals surface area contributed by atoms with Crippen molar-refractivity contribution in [3.8, 4) is 0 Å². The van der Waals surface area contributed by atoms with Crippen LogP contribution < -0.4 is 0 Å². The van der Waals surface area contributed by atoms with Gasteiger partial charge in [0.15, 0.2) is 0 Å². The Balaban J connectivity index is 0. The molecule has 0 heterocycles. The minimum Gasteiger partial charge on any atom is -0.0776 e. The van der Waals surface area contributed by atoms with Gasteiger partial charge < -0.3 is 0 Å². The van der Waals surface area contributed by atoms with Gasteiger partial charge in [-0.2, -0.15) is 0 Å². The Hall–Kier alpha value is 1.91. The molecule has 0 unspecified atom stereocenters. The van der Waals surface area contributed by atoms with E-state index in [1.807, 2.05) is 0 Å². The molecule has 0 saturated heterocycles. The molecule has 0 fully saturated rings. The molecule has 0 aromatic heterocycles. The first-order chi connectivity index (χ1) is 0. The van der Waals surface area contributed by atoms with E-state index in [4.69, 9.17) is 0 Å². The van der Waals surface area contributed by atoms with Crippen molar-refractivity contribution in [3.05, 3.63) is 0 Å². The smallest absolute Gasteiger partial charge is 0 e. The van der Waals surface area contributed by atoms with Crippen LogP contribution in [0.25, 0.3) is 0 Å². The predicted octanol–water partition coefficient (Wildman–Crippen LogP) is 0.629. The fraction of sp³-hybridized carbons (Fsp3) is 1.00. The van der Waals surface area contributed by atoms with Crippen molar-refractivity contribution >= 4 is 0 Å².